The summed E-state index contributed by atoms with van der Waals surface area (Å²) < 4.78 is 26.9. The van der Waals surface area contributed by atoms with Crippen molar-refractivity contribution in [3.05, 3.63) is 47.5 Å². The Balaban J connectivity index is 2.48. The van der Waals surface area contributed by atoms with Crippen LogP contribution in [0.2, 0.25) is 0 Å². The molecule has 0 fully saturated rings. The molecule has 6 heteroatoms. The summed E-state index contributed by atoms with van der Waals surface area (Å²) in [6.45, 7) is 1.61. The van der Waals surface area contributed by atoms with Crippen LogP contribution in [0, 0.1) is 6.92 Å². The molecule has 0 aliphatic carbocycles. The average molecular weight is 252 g/mol. The number of aromatic nitrogens is 2. The van der Waals surface area contributed by atoms with Gasteiger partial charge in [0.1, 0.15) is 11.5 Å². The molecule has 0 saturated heterocycles. The molecular formula is C12H10F2N2O2. The normalized spacial score (nSPS) is 10.9. The minimum absolute atomic E-state index is 0.107. The van der Waals surface area contributed by atoms with Gasteiger partial charge in [-0.25, -0.2) is 18.6 Å². The van der Waals surface area contributed by atoms with Crippen molar-refractivity contribution < 1.29 is 18.7 Å². The van der Waals surface area contributed by atoms with Gasteiger partial charge >= 0.3 is 5.97 Å². The molecule has 1 aromatic heterocycles. The Hall–Kier alpha value is -2.24. The second kappa shape index (κ2) is 4.56. The van der Waals surface area contributed by atoms with Crippen molar-refractivity contribution in [2.45, 2.75) is 13.3 Å². The number of hydrogen-bond donors (Lipinski definition) is 1. The predicted octanol–water partition coefficient (Wildman–Crippen LogP) is 2.82. The van der Waals surface area contributed by atoms with E-state index in [2.05, 4.69) is 4.98 Å². The van der Waals surface area contributed by atoms with Crippen molar-refractivity contribution in [2.75, 3.05) is 0 Å². The van der Waals surface area contributed by atoms with Crippen LogP contribution in [0.5, 0.6) is 0 Å². The van der Waals surface area contributed by atoms with Crippen molar-refractivity contribution in [1.29, 1.82) is 0 Å². The zero-order valence-corrected chi connectivity index (χ0v) is 9.47. The molecular weight excluding hydrogens is 242 g/mol. The lowest BCUT2D eigenvalue weighted by Crippen LogP contribution is -2.04. The zero-order chi connectivity index (χ0) is 13.3. The van der Waals surface area contributed by atoms with Crippen LogP contribution in [-0.4, -0.2) is 20.6 Å². The van der Waals surface area contributed by atoms with Gasteiger partial charge in [0, 0.05) is 5.69 Å². The fraction of sp³-hybridized carbons (Fsp3) is 0.167. The van der Waals surface area contributed by atoms with E-state index in [1.165, 1.54) is 28.8 Å². The first-order valence-electron chi connectivity index (χ1n) is 5.17. The van der Waals surface area contributed by atoms with Gasteiger partial charge in [0.25, 0.3) is 6.43 Å². The number of halogens is 2. The number of carboxylic acid groups (broad SMARTS) is 1. The van der Waals surface area contributed by atoms with E-state index >= 15 is 0 Å². The first-order chi connectivity index (χ1) is 8.50. The summed E-state index contributed by atoms with van der Waals surface area (Å²) in [5.74, 6) is -0.633. The molecule has 2 rings (SSSR count). The number of benzene rings is 1. The van der Waals surface area contributed by atoms with E-state index in [0.717, 1.165) is 6.20 Å². The van der Waals surface area contributed by atoms with Gasteiger partial charge in [-0.1, -0.05) is 0 Å². The fourth-order valence-corrected chi connectivity index (χ4v) is 1.70. The van der Waals surface area contributed by atoms with Gasteiger partial charge in [-0.2, -0.15) is 0 Å². The van der Waals surface area contributed by atoms with Crippen molar-refractivity contribution in [3.8, 4) is 5.69 Å². The maximum Gasteiger partial charge on any atom is 0.335 e. The number of nitrogens with zero attached hydrogens (tertiary/aromatic N) is 2. The number of alkyl halides is 2. The lowest BCUT2D eigenvalue weighted by molar-refractivity contribution is 0.0697. The van der Waals surface area contributed by atoms with Crippen LogP contribution in [0.15, 0.2) is 30.5 Å². The van der Waals surface area contributed by atoms with Crippen LogP contribution < -0.4 is 0 Å². The zero-order valence-electron chi connectivity index (χ0n) is 9.47. The quantitative estimate of drug-likeness (QED) is 0.913. The van der Waals surface area contributed by atoms with Crippen molar-refractivity contribution >= 4 is 5.97 Å². The van der Waals surface area contributed by atoms with Gasteiger partial charge in [-0.05, 0) is 31.2 Å². The number of aryl methyl sites for hydroxylation is 1. The number of rotatable bonds is 3. The Bertz CT molecular complexity index is 576. The lowest BCUT2D eigenvalue weighted by atomic mass is 10.2. The molecule has 0 amide bonds. The highest BCUT2D eigenvalue weighted by molar-refractivity contribution is 5.87. The lowest BCUT2D eigenvalue weighted by Gasteiger charge is -2.09. The minimum atomic E-state index is -2.63. The van der Waals surface area contributed by atoms with Crippen LogP contribution in [-0.2, 0) is 0 Å². The first kappa shape index (κ1) is 12.2. The molecule has 0 saturated carbocycles. The second-order valence-corrected chi connectivity index (χ2v) is 3.72. The largest absolute Gasteiger partial charge is 0.478 e. The molecule has 0 bridgehead atoms. The maximum atomic E-state index is 12.8. The highest BCUT2D eigenvalue weighted by atomic mass is 19.3. The van der Waals surface area contributed by atoms with E-state index in [1.807, 2.05) is 0 Å². The number of imidazole rings is 1. The number of hydrogen-bond acceptors (Lipinski definition) is 2. The van der Waals surface area contributed by atoms with E-state index in [0.29, 0.717) is 11.5 Å². The smallest absolute Gasteiger partial charge is 0.335 e. The number of carbonyl (C=O) groups is 1. The molecule has 1 aromatic carbocycles. The molecule has 0 atom stereocenters. The van der Waals surface area contributed by atoms with Crippen LogP contribution in [0.1, 0.15) is 28.3 Å². The van der Waals surface area contributed by atoms with Gasteiger partial charge in [-0.3, -0.25) is 4.57 Å². The molecule has 18 heavy (non-hydrogen) atoms. The molecule has 0 aliphatic heterocycles. The molecule has 0 aliphatic rings. The summed E-state index contributed by atoms with van der Waals surface area (Å²) in [6, 6.07) is 5.69. The maximum absolute atomic E-state index is 12.8. The molecule has 94 valence electrons. The van der Waals surface area contributed by atoms with E-state index in [1.54, 1.807) is 6.92 Å². The molecule has 4 nitrogen and oxygen atoms in total. The third-order valence-electron chi connectivity index (χ3n) is 2.56. The topological polar surface area (TPSA) is 55.1 Å². The Morgan fingerprint density at radius 3 is 2.44 bits per heavy atom. The van der Waals surface area contributed by atoms with Gasteiger partial charge in [0.2, 0.25) is 0 Å². The molecule has 0 spiro atoms. The minimum Gasteiger partial charge on any atom is -0.478 e. The van der Waals surface area contributed by atoms with Crippen molar-refractivity contribution in [2.24, 2.45) is 0 Å². The standard InChI is InChI=1S/C12H10F2N2O2/c1-7-15-6-10(11(13)14)16(7)9-4-2-8(3-5-9)12(17)18/h2-6,11H,1H3,(H,17,18). The van der Waals surface area contributed by atoms with Crippen LogP contribution in [0.25, 0.3) is 5.69 Å². The Labute approximate surface area is 102 Å². The van der Waals surface area contributed by atoms with E-state index in [-0.39, 0.29) is 11.3 Å². The molecule has 0 radical (unpaired) electrons. The Morgan fingerprint density at radius 2 is 1.94 bits per heavy atom. The summed E-state index contributed by atoms with van der Waals surface area (Å²) >= 11 is 0. The second-order valence-electron chi connectivity index (χ2n) is 3.72. The Kier molecular flexibility index (Phi) is 3.10. The van der Waals surface area contributed by atoms with Crippen LogP contribution in [0.3, 0.4) is 0 Å². The number of aromatic carboxylic acids is 1. The summed E-state index contributed by atoms with van der Waals surface area (Å²) in [7, 11) is 0. The SMILES string of the molecule is Cc1ncc(C(F)F)n1-c1ccc(C(=O)O)cc1. The first-order valence-corrected chi connectivity index (χ1v) is 5.17. The van der Waals surface area contributed by atoms with Gasteiger partial charge < -0.3 is 5.11 Å². The van der Waals surface area contributed by atoms with Crippen LogP contribution in [0.4, 0.5) is 8.78 Å². The predicted molar refractivity (Wildman–Crippen MR) is 60.2 cm³/mol. The van der Waals surface area contributed by atoms with Gasteiger partial charge in [-0.15, -0.1) is 0 Å². The third kappa shape index (κ3) is 2.09. The summed E-state index contributed by atoms with van der Waals surface area (Å²) in [4.78, 5) is 14.5. The monoisotopic (exact) mass is 252 g/mol. The van der Waals surface area contributed by atoms with E-state index in [4.69, 9.17) is 5.11 Å². The van der Waals surface area contributed by atoms with Gasteiger partial charge in [0.05, 0.1) is 11.8 Å². The van der Waals surface area contributed by atoms with Gasteiger partial charge in [0.15, 0.2) is 0 Å². The summed E-state index contributed by atoms with van der Waals surface area (Å²) in [6.07, 6.45) is -1.52. The fourth-order valence-electron chi connectivity index (χ4n) is 1.70. The molecule has 2 aromatic rings. The average Bonchev–Trinajstić information content (AvgIpc) is 2.71. The highest BCUT2D eigenvalue weighted by Crippen LogP contribution is 2.24. The molecule has 0 unspecified atom stereocenters. The third-order valence-corrected chi connectivity index (χ3v) is 2.56. The summed E-state index contributed by atoms with van der Waals surface area (Å²) in [5, 5.41) is 8.76. The van der Waals surface area contributed by atoms with E-state index in [9.17, 15) is 13.6 Å². The van der Waals surface area contributed by atoms with Crippen molar-refractivity contribution in [1.82, 2.24) is 9.55 Å². The van der Waals surface area contributed by atoms with E-state index < -0.39 is 12.4 Å². The highest BCUT2D eigenvalue weighted by Gasteiger charge is 2.17. The molecule has 1 N–H and O–H groups in total. The molecule has 1 heterocycles. The number of carboxylic acids is 1. The summed E-state index contributed by atoms with van der Waals surface area (Å²) in [5.41, 5.74) is 0.357. The Morgan fingerprint density at radius 1 is 1.33 bits per heavy atom. The van der Waals surface area contributed by atoms with Crippen molar-refractivity contribution in [3.63, 3.8) is 0 Å². The van der Waals surface area contributed by atoms with Crippen LogP contribution >= 0.6 is 0 Å².